The standard InChI is InChI=1S/C54H88NO16PS/c1-3-5-7-9-11-13-15-17-18-19-20-21-22-23-25-27-29-31-33-38-47(59)70-42(40-69-72(66,67)71-53-51(63)49(61)48(60)50(62)52(53)64)39-68-54(65)43(55)41-73-45(44(56)35-34-37-46(57)58)36-32-30-28-26-24-16-14-12-10-8-6-4-2/h5,7,11-14,17-18,20-21,24,26,28,30,32,36,42-45,48-53,56,60-64H,3-4,6,8-10,15-16,19,22-23,25,27,29,31,33-35,37-41,55H2,1-2H3,(H,57,58)(H,66,67)/b7-5-,13-11-,14-12-,18-17-,21-20-,26-24-,30-28+,36-32+/t42-,43+,44+,45-,48?,49-,50+,51-,52-,53?/m1/s1. The van der Waals surface area contributed by atoms with Crippen molar-refractivity contribution in [2.75, 3.05) is 19.0 Å². The summed E-state index contributed by atoms with van der Waals surface area (Å²) in [7, 11) is -5.27. The molecule has 11 atom stereocenters. The molecule has 1 saturated carbocycles. The number of hydrogen-bond acceptors (Lipinski definition) is 16. The van der Waals surface area contributed by atoms with Gasteiger partial charge in [-0.15, -0.1) is 11.8 Å². The topological polar surface area (TPSA) is 293 Å². The number of ether oxygens (including phenoxy) is 2. The highest BCUT2D eigenvalue weighted by atomic mass is 32.2. The normalized spacial score (nSPS) is 22.4. The minimum absolute atomic E-state index is 0.0277. The maximum absolute atomic E-state index is 13.1. The number of allylic oxidation sites excluding steroid dienone is 15. The lowest BCUT2D eigenvalue weighted by atomic mass is 9.85. The molecule has 0 spiro atoms. The highest BCUT2D eigenvalue weighted by Gasteiger charge is 2.51. The molecule has 0 bridgehead atoms. The first-order valence-electron chi connectivity index (χ1n) is 26.0. The van der Waals surface area contributed by atoms with E-state index in [4.69, 9.17) is 29.4 Å². The molecular formula is C54H88NO16PS. The molecule has 0 aromatic carbocycles. The van der Waals surface area contributed by atoms with Gasteiger partial charge in [0, 0.05) is 23.8 Å². The van der Waals surface area contributed by atoms with Gasteiger partial charge in [0.2, 0.25) is 0 Å². The van der Waals surface area contributed by atoms with Crippen LogP contribution in [0.25, 0.3) is 0 Å². The predicted molar refractivity (Wildman–Crippen MR) is 286 cm³/mol. The van der Waals surface area contributed by atoms with Gasteiger partial charge >= 0.3 is 25.7 Å². The van der Waals surface area contributed by atoms with Crippen molar-refractivity contribution < 1.29 is 78.1 Å². The van der Waals surface area contributed by atoms with Crippen LogP contribution in [0, 0.1) is 0 Å². The lowest BCUT2D eigenvalue weighted by Gasteiger charge is -2.41. The van der Waals surface area contributed by atoms with E-state index in [9.17, 15) is 54.5 Å². The van der Waals surface area contributed by atoms with E-state index in [1.165, 1.54) is 19.3 Å². The second-order valence-electron chi connectivity index (χ2n) is 17.8. The fraction of sp³-hybridized carbons (Fsp3) is 0.648. The van der Waals surface area contributed by atoms with Crippen LogP contribution in [0.3, 0.4) is 0 Å². The second kappa shape index (κ2) is 42.7. The van der Waals surface area contributed by atoms with Gasteiger partial charge in [-0.2, -0.15) is 0 Å². The fourth-order valence-electron chi connectivity index (χ4n) is 7.13. The molecule has 0 saturated heterocycles. The average molecular weight is 1070 g/mol. The Morgan fingerprint density at radius 1 is 0.644 bits per heavy atom. The molecule has 19 heteroatoms. The zero-order valence-electron chi connectivity index (χ0n) is 43.1. The highest BCUT2D eigenvalue weighted by molar-refractivity contribution is 8.00. The molecule has 1 aliphatic carbocycles. The number of thioether (sulfide) groups is 1. The molecule has 3 unspecified atom stereocenters. The molecule has 10 N–H and O–H groups in total. The van der Waals surface area contributed by atoms with Gasteiger partial charge in [-0.25, -0.2) is 4.57 Å². The highest BCUT2D eigenvalue weighted by Crippen LogP contribution is 2.47. The number of phosphoric ester groups is 1. The van der Waals surface area contributed by atoms with Crippen molar-refractivity contribution in [1.29, 1.82) is 0 Å². The summed E-state index contributed by atoms with van der Waals surface area (Å²) < 4.78 is 33.7. The lowest BCUT2D eigenvalue weighted by Crippen LogP contribution is -2.64. The number of phosphoric acid groups is 1. The van der Waals surface area contributed by atoms with Gasteiger partial charge in [-0.1, -0.05) is 150 Å². The van der Waals surface area contributed by atoms with E-state index in [-0.39, 0.29) is 31.4 Å². The monoisotopic (exact) mass is 1070 g/mol. The van der Waals surface area contributed by atoms with E-state index < -0.39 is 99.1 Å². The van der Waals surface area contributed by atoms with Gasteiger partial charge in [0.05, 0.1) is 12.7 Å². The summed E-state index contributed by atoms with van der Waals surface area (Å²) in [6.45, 7) is 2.71. The molecule has 0 aromatic heterocycles. The zero-order chi connectivity index (χ0) is 54.1. The summed E-state index contributed by atoms with van der Waals surface area (Å²) >= 11 is 1.14. The Morgan fingerprint density at radius 2 is 1.18 bits per heavy atom. The first kappa shape index (κ1) is 67.5. The molecule has 1 aliphatic rings. The van der Waals surface area contributed by atoms with Crippen LogP contribution < -0.4 is 5.73 Å². The Bertz CT molecular complexity index is 1770. The van der Waals surface area contributed by atoms with E-state index in [0.717, 1.165) is 88.8 Å². The van der Waals surface area contributed by atoms with Crippen LogP contribution in [-0.4, -0.2) is 138 Å². The van der Waals surface area contributed by atoms with Crippen LogP contribution >= 0.6 is 19.6 Å². The molecule has 0 amide bonds. The second-order valence-corrected chi connectivity index (χ2v) is 20.5. The van der Waals surface area contributed by atoms with Gasteiger partial charge in [0.1, 0.15) is 49.3 Å². The van der Waals surface area contributed by atoms with Gasteiger partial charge in [-0.3, -0.25) is 23.4 Å². The Balaban J connectivity index is 2.83. The molecular weight excluding hydrogens is 982 g/mol. The number of rotatable bonds is 42. The number of carboxylic acids is 1. The minimum atomic E-state index is -5.27. The van der Waals surface area contributed by atoms with Crippen LogP contribution in [0.4, 0.5) is 0 Å². The SMILES string of the molecule is CC/C=C\C/C=C\C/C=C\C/C=C\CCCCCCCCC(=O)O[C@H](COC(=O)[C@@H](N)CS[C@H](/C=C/C=C/C=C\C/C=C\CCCCC)[C@@H](O)CCCC(=O)O)COP(=O)(O)OC1[C@H](O)[C@H](O)C(O)[C@H](O)[C@H]1O. The summed E-state index contributed by atoms with van der Waals surface area (Å²) in [5.74, 6) is -2.71. The molecule has 0 radical (unpaired) electrons. The number of nitrogens with two attached hydrogens (primary N) is 1. The molecule has 0 heterocycles. The summed E-state index contributed by atoms with van der Waals surface area (Å²) in [4.78, 5) is 47.7. The number of carbonyl (C=O) groups excluding carboxylic acids is 2. The average Bonchev–Trinajstić information content (AvgIpc) is 3.36. The quantitative estimate of drug-likeness (QED) is 0.00922. The van der Waals surface area contributed by atoms with Crippen molar-refractivity contribution in [3.05, 3.63) is 97.2 Å². The predicted octanol–water partition coefficient (Wildman–Crippen LogP) is 7.93. The first-order chi connectivity index (χ1) is 35.0. The number of aliphatic hydroxyl groups is 6. The summed E-state index contributed by atoms with van der Waals surface area (Å²) in [6.07, 6.45) is 33.2. The van der Waals surface area contributed by atoms with Crippen LogP contribution in [0.5, 0.6) is 0 Å². The van der Waals surface area contributed by atoms with E-state index in [0.29, 0.717) is 6.42 Å². The summed E-state index contributed by atoms with van der Waals surface area (Å²) in [5, 5.41) is 70.0. The summed E-state index contributed by atoms with van der Waals surface area (Å²) in [6, 6.07) is -1.26. The Labute approximate surface area is 438 Å². The van der Waals surface area contributed by atoms with Gasteiger partial charge in [0.15, 0.2) is 6.10 Å². The Kier molecular flexibility index (Phi) is 39.5. The molecule has 0 aliphatic heterocycles. The van der Waals surface area contributed by atoms with Crippen molar-refractivity contribution in [2.24, 2.45) is 5.73 Å². The third-order valence-electron chi connectivity index (χ3n) is 11.4. The van der Waals surface area contributed by atoms with Crippen molar-refractivity contribution >= 4 is 37.5 Å². The fourth-order valence-corrected chi connectivity index (χ4v) is 9.23. The molecule has 416 valence electrons. The van der Waals surface area contributed by atoms with E-state index in [2.05, 4.69) is 74.6 Å². The molecule has 1 fully saturated rings. The van der Waals surface area contributed by atoms with Crippen LogP contribution in [0.2, 0.25) is 0 Å². The Morgan fingerprint density at radius 3 is 1.78 bits per heavy atom. The van der Waals surface area contributed by atoms with Crippen molar-refractivity contribution in [1.82, 2.24) is 0 Å². The van der Waals surface area contributed by atoms with E-state index in [1.54, 1.807) is 18.2 Å². The Hall–Kier alpha value is -3.49. The maximum Gasteiger partial charge on any atom is 0.472 e. The van der Waals surface area contributed by atoms with Crippen molar-refractivity contribution in [3.63, 3.8) is 0 Å². The number of carboxylic acid groups (broad SMARTS) is 1. The van der Waals surface area contributed by atoms with Crippen molar-refractivity contribution in [2.45, 2.75) is 202 Å². The molecule has 73 heavy (non-hydrogen) atoms. The van der Waals surface area contributed by atoms with Gasteiger partial charge in [-0.05, 0) is 77.0 Å². The maximum atomic E-state index is 13.1. The lowest BCUT2D eigenvalue weighted by molar-refractivity contribution is -0.220. The number of aliphatic hydroxyl groups excluding tert-OH is 6. The number of carbonyl (C=O) groups is 3. The van der Waals surface area contributed by atoms with Crippen molar-refractivity contribution in [3.8, 4) is 0 Å². The number of aliphatic carboxylic acids is 1. The number of esters is 2. The van der Waals surface area contributed by atoms with E-state index in [1.807, 2.05) is 18.2 Å². The van der Waals surface area contributed by atoms with Gasteiger partial charge in [0.25, 0.3) is 0 Å². The number of unbranched alkanes of at least 4 members (excludes halogenated alkanes) is 9. The molecule has 1 rings (SSSR count). The van der Waals surface area contributed by atoms with Crippen LogP contribution in [0.1, 0.15) is 142 Å². The molecule has 0 aromatic rings. The zero-order valence-corrected chi connectivity index (χ0v) is 44.8. The van der Waals surface area contributed by atoms with Crippen LogP contribution in [0.15, 0.2) is 97.2 Å². The minimum Gasteiger partial charge on any atom is -0.481 e. The summed E-state index contributed by atoms with van der Waals surface area (Å²) in [5.41, 5.74) is 6.18. The smallest absolute Gasteiger partial charge is 0.472 e. The largest absolute Gasteiger partial charge is 0.481 e. The third-order valence-corrected chi connectivity index (χ3v) is 13.8. The van der Waals surface area contributed by atoms with Crippen LogP contribution in [-0.2, 0) is 37.5 Å². The first-order valence-corrected chi connectivity index (χ1v) is 28.5. The molecule has 17 nitrogen and oxygen atoms in total. The third kappa shape index (κ3) is 33.9. The van der Waals surface area contributed by atoms with E-state index >= 15 is 0 Å². The number of hydrogen-bond donors (Lipinski definition) is 9. The van der Waals surface area contributed by atoms with Gasteiger partial charge < -0.3 is 55.8 Å².